The van der Waals surface area contributed by atoms with E-state index in [1.54, 1.807) is 36.0 Å². The number of carbonyl (C=O) groups excluding carboxylic acids is 1. The van der Waals surface area contributed by atoms with Crippen LogP contribution in [-0.4, -0.2) is 44.5 Å². The lowest BCUT2D eigenvalue weighted by atomic mass is 9.90. The van der Waals surface area contributed by atoms with Gasteiger partial charge < -0.3 is 14.6 Å². The normalized spacial score (nSPS) is 15.3. The van der Waals surface area contributed by atoms with Crippen molar-refractivity contribution in [1.82, 2.24) is 14.5 Å². The van der Waals surface area contributed by atoms with Gasteiger partial charge in [0.15, 0.2) is 5.82 Å². The lowest BCUT2D eigenvalue weighted by Crippen LogP contribution is -2.40. The molecule has 0 spiro atoms. The van der Waals surface area contributed by atoms with Crippen LogP contribution in [0.15, 0.2) is 64.2 Å². The van der Waals surface area contributed by atoms with Crippen LogP contribution >= 0.6 is 23.4 Å². The molecule has 0 bridgehead atoms. The highest BCUT2D eigenvalue weighted by Gasteiger charge is 2.26. The molecule has 1 aliphatic heterocycles. The van der Waals surface area contributed by atoms with Crippen LogP contribution in [0.4, 0.5) is 4.39 Å². The van der Waals surface area contributed by atoms with Crippen molar-refractivity contribution in [3.05, 3.63) is 81.4 Å². The molecule has 0 aliphatic carbocycles. The zero-order valence-electron chi connectivity index (χ0n) is 21.7. The third kappa shape index (κ3) is 6.13. The SMILES string of the molecule is CC=C(C=C(C)Sc1c(C)n(CC(=O)N2CCC(Cc3ccncc3)CC2)c2c(F)c(Cl)ccc12)C(=O)O. The van der Waals surface area contributed by atoms with Gasteiger partial charge in [0.1, 0.15) is 6.54 Å². The van der Waals surface area contributed by atoms with Crippen LogP contribution in [-0.2, 0) is 22.6 Å². The van der Waals surface area contributed by atoms with Gasteiger partial charge in [-0.1, -0.05) is 29.4 Å². The highest BCUT2D eigenvalue weighted by Crippen LogP contribution is 2.40. The third-order valence-corrected chi connectivity index (χ3v) is 8.48. The minimum atomic E-state index is -1.01. The highest BCUT2D eigenvalue weighted by atomic mass is 35.5. The second-order valence-electron chi connectivity index (χ2n) is 9.55. The van der Waals surface area contributed by atoms with Crippen molar-refractivity contribution in [2.75, 3.05) is 13.1 Å². The Morgan fingerprint density at radius 3 is 2.53 bits per heavy atom. The Hall–Kier alpha value is -3.10. The van der Waals surface area contributed by atoms with Gasteiger partial charge in [-0.3, -0.25) is 9.78 Å². The molecule has 1 N–H and O–H groups in total. The Labute approximate surface area is 231 Å². The maximum absolute atomic E-state index is 15.3. The smallest absolute Gasteiger partial charge is 0.335 e. The number of thioether (sulfide) groups is 1. The molecular formula is C29H31ClFN3O3S. The fraction of sp³-hybridized carbons (Fsp3) is 0.345. The number of likely N-dealkylation sites (tertiary alicyclic amines) is 1. The Morgan fingerprint density at radius 2 is 1.89 bits per heavy atom. The first kappa shape index (κ1) is 27.9. The number of fused-ring (bicyclic) bond motifs is 1. The molecule has 9 heteroatoms. The molecule has 0 radical (unpaired) electrons. The van der Waals surface area contributed by atoms with Gasteiger partial charge in [-0.15, -0.1) is 0 Å². The highest BCUT2D eigenvalue weighted by molar-refractivity contribution is 8.03. The molecule has 1 fully saturated rings. The largest absolute Gasteiger partial charge is 0.478 e. The van der Waals surface area contributed by atoms with E-state index in [0.717, 1.165) is 34.8 Å². The van der Waals surface area contributed by atoms with Crippen molar-refractivity contribution >= 4 is 46.1 Å². The van der Waals surface area contributed by atoms with E-state index in [-0.39, 0.29) is 28.6 Å². The molecule has 0 atom stereocenters. The molecule has 0 saturated carbocycles. The maximum Gasteiger partial charge on any atom is 0.335 e. The van der Waals surface area contributed by atoms with Gasteiger partial charge in [0.25, 0.3) is 0 Å². The van der Waals surface area contributed by atoms with E-state index in [0.29, 0.717) is 24.4 Å². The molecule has 38 heavy (non-hydrogen) atoms. The number of aliphatic carboxylic acids is 1. The first-order valence-corrected chi connectivity index (χ1v) is 13.8. The number of carboxylic acid groups (broad SMARTS) is 1. The van der Waals surface area contributed by atoms with E-state index in [2.05, 4.69) is 4.98 Å². The van der Waals surface area contributed by atoms with Crippen molar-refractivity contribution in [2.24, 2.45) is 5.92 Å². The zero-order valence-corrected chi connectivity index (χ0v) is 23.3. The average Bonchev–Trinajstić information content (AvgIpc) is 3.16. The molecule has 1 aliphatic rings. The molecule has 6 nitrogen and oxygen atoms in total. The van der Waals surface area contributed by atoms with Gasteiger partial charge in [0.2, 0.25) is 5.91 Å². The number of carboxylic acids is 1. The van der Waals surface area contributed by atoms with E-state index in [4.69, 9.17) is 11.6 Å². The number of carbonyl (C=O) groups is 2. The lowest BCUT2D eigenvalue weighted by Gasteiger charge is -2.32. The summed E-state index contributed by atoms with van der Waals surface area (Å²) in [6, 6.07) is 7.33. The summed E-state index contributed by atoms with van der Waals surface area (Å²) in [5.74, 6) is -1.13. The van der Waals surface area contributed by atoms with Gasteiger partial charge in [0.05, 0.1) is 16.1 Å². The van der Waals surface area contributed by atoms with E-state index < -0.39 is 11.8 Å². The van der Waals surface area contributed by atoms with Crippen molar-refractivity contribution < 1.29 is 19.1 Å². The fourth-order valence-electron chi connectivity index (χ4n) is 4.95. The Morgan fingerprint density at radius 1 is 1.21 bits per heavy atom. The number of nitrogens with zero attached hydrogens (tertiary/aromatic N) is 3. The minimum Gasteiger partial charge on any atom is -0.478 e. The summed E-state index contributed by atoms with van der Waals surface area (Å²) in [4.78, 5) is 32.2. The Balaban J connectivity index is 1.55. The monoisotopic (exact) mass is 555 g/mol. The molecule has 1 aromatic carbocycles. The van der Waals surface area contributed by atoms with Crippen molar-refractivity contribution in [3.8, 4) is 0 Å². The number of pyridine rings is 1. The molecule has 2 aromatic heterocycles. The number of halogens is 2. The molecular weight excluding hydrogens is 525 g/mol. The number of hydrogen-bond donors (Lipinski definition) is 1. The van der Waals surface area contributed by atoms with Crippen LogP contribution in [0.25, 0.3) is 10.9 Å². The number of hydrogen-bond acceptors (Lipinski definition) is 4. The van der Waals surface area contributed by atoms with Gasteiger partial charge in [-0.25, -0.2) is 9.18 Å². The summed E-state index contributed by atoms with van der Waals surface area (Å²) in [6.45, 7) is 6.67. The molecule has 3 aromatic rings. The molecule has 1 amide bonds. The predicted molar refractivity (Wildman–Crippen MR) is 150 cm³/mol. The second-order valence-corrected chi connectivity index (χ2v) is 11.2. The van der Waals surface area contributed by atoms with E-state index in [1.807, 2.05) is 30.9 Å². The lowest BCUT2D eigenvalue weighted by molar-refractivity contribution is -0.133. The van der Waals surface area contributed by atoms with Gasteiger partial charge in [-0.05, 0) is 86.8 Å². The van der Waals surface area contributed by atoms with Gasteiger partial charge >= 0.3 is 5.97 Å². The van der Waals surface area contributed by atoms with Crippen LogP contribution < -0.4 is 0 Å². The topological polar surface area (TPSA) is 75.4 Å². The summed E-state index contributed by atoms with van der Waals surface area (Å²) in [5, 5.41) is 10.00. The van der Waals surface area contributed by atoms with Crippen LogP contribution in [0.1, 0.15) is 37.9 Å². The molecule has 3 heterocycles. The number of benzene rings is 1. The summed E-state index contributed by atoms with van der Waals surface area (Å²) in [6.07, 6.45) is 9.53. The van der Waals surface area contributed by atoms with Crippen LogP contribution in [0.5, 0.6) is 0 Å². The Kier molecular flexibility index (Phi) is 8.95. The van der Waals surface area contributed by atoms with Crippen LogP contribution in [0, 0.1) is 18.7 Å². The fourth-order valence-corrected chi connectivity index (χ4v) is 6.14. The van der Waals surface area contributed by atoms with Crippen LogP contribution in [0.3, 0.4) is 0 Å². The standard InChI is InChI=1S/C29H31ClFN3O3S/c1-4-22(29(36)37)15-18(2)38-28-19(3)34(27-23(28)5-6-24(30)26(27)31)17-25(35)33-13-9-21(10-14-33)16-20-7-11-32-12-8-20/h4-8,11-12,15,21H,9-10,13-14,16-17H2,1-3H3,(H,36,37). The van der Waals surface area contributed by atoms with E-state index >= 15 is 4.39 Å². The predicted octanol–water partition coefficient (Wildman–Crippen LogP) is 6.65. The molecule has 1 saturated heterocycles. The second kappa shape index (κ2) is 12.2. The summed E-state index contributed by atoms with van der Waals surface area (Å²) >= 11 is 7.50. The number of aromatic nitrogens is 2. The quantitative estimate of drug-likeness (QED) is 0.191. The number of amides is 1. The maximum atomic E-state index is 15.3. The average molecular weight is 556 g/mol. The summed E-state index contributed by atoms with van der Waals surface area (Å²) in [7, 11) is 0. The first-order valence-electron chi connectivity index (χ1n) is 12.6. The summed E-state index contributed by atoms with van der Waals surface area (Å²) < 4.78 is 17.0. The number of rotatable bonds is 8. The van der Waals surface area contributed by atoms with E-state index in [1.165, 1.54) is 29.5 Å². The van der Waals surface area contributed by atoms with E-state index in [9.17, 15) is 14.7 Å². The minimum absolute atomic E-state index is 0.00712. The first-order chi connectivity index (χ1) is 18.2. The zero-order chi connectivity index (χ0) is 27.4. The van der Waals surface area contributed by atoms with Crippen molar-refractivity contribution in [1.29, 1.82) is 0 Å². The molecule has 0 unspecified atom stereocenters. The van der Waals surface area contributed by atoms with Crippen LogP contribution in [0.2, 0.25) is 5.02 Å². The number of allylic oxidation sites excluding steroid dienone is 2. The van der Waals surface area contributed by atoms with Crippen molar-refractivity contribution in [3.63, 3.8) is 0 Å². The third-order valence-electron chi connectivity index (χ3n) is 7.03. The Bertz CT molecular complexity index is 1410. The number of piperidine rings is 1. The molecule has 200 valence electrons. The van der Waals surface area contributed by atoms with Gasteiger partial charge in [0, 0.05) is 41.5 Å². The molecule has 4 rings (SSSR count). The van der Waals surface area contributed by atoms with Gasteiger partial charge in [-0.2, -0.15) is 0 Å². The summed E-state index contributed by atoms with van der Waals surface area (Å²) in [5.41, 5.74) is 2.45. The van der Waals surface area contributed by atoms with Crippen molar-refractivity contribution in [2.45, 2.75) is 51.5 Å².